The van der Waals surface area contributed by atoms with Gasteiger partial charge in [0.15, 0.2) is 0 Å². The van der Waals surface area contributed by atoms with Gasteiger partial charge >= 0.3 is 6.03 Å². The molecule has 0 saturated carbocycles. The topological polar surface area (TPSA) is 90.5 Å². The highest BCUT2D eigenvalue weighted by atomic mass is 32.1. The minimum Gasteiger partial charge on any atom is -0.350 e. The number of hydrogen-bond acceptors (Lipinski definition) is 4. The van der Waals surface area contributed by atoms with E-state index in [1.165, 1.54) is 10.4 Å². The average Bonchev–Trinajstić information content (AvgIpc) is 3.19. The molecule has 0 radical (unpaired) electrons. The van der Waals surface area contributed by atoms with E-state index in [-0.39, 0.29) is 30.8 Å². The molecule has 148 valence electrons. The van der Waals surface area contributed by atoms with E-state index in [1.54, 1.807) is 35.6 Å². The second-order valence-corrected chi connectivity index (χ2v) is 7.49. The fourth-order valence-electron chi connectivity index (χ4n) is 3.01. The van der Waals surface area contributed by atoms with Crippen molar-refractivity contribution in [2.45, 2.75) is 19.4 Å². The molecule has 3 N–H and O–H groups in total. The zero-order chi connectivity index (χ0) is 19.8. The van der Waals surface area contributed by atoms with Gasteiger partial charge in [0.1, 0.15) is 0 Å². The van der Waals surface area contributed by atoms with Crippen molar-refractivity contribution in [2.75, 3.05) is 26.2 Å². The molecule has 0 spiro atoms. The van der Waals surface area contributed by atoms with E-state index in [9.17, 15) is 14.4 Å². The Bertz CT molecular complexity index is 822. The molecule has 7 nitrogen and oxygen atoms in total. The van der Waals surface area contributed by atoms with Gasteiger partial charge in [0, 0.05) is 49.6 Å². The van der Waals surface area contributed by atoms with Gasteiger partial charge in [-0.2, -0.15) is 0 Å². The first-order valence-electron chi connectivity index (χ1n) is 9.31. The van der Waals surface area contributed by atoms with Crippen molar-refractivity contribution in [1.29, 1.82) is 0 Å². The number of fused-ring (bicyclic) bond motifs is 1. The van der Waals surface area contributed by atoms with Crippen LogP contribution in [0.4, 0.5) is 4.79 Å². The summed E-state index contributed by atoms with van der Waals surface area (Å²) in [7, 11) is 0. The van der Waals surface area contributed by atoms with Crippen LogP contribution >= 0.6 is 11.3 Å². The Morgan fingerprint density at radius 1 is 0.964 bits per heavy atom. The van der Waals surface area contributed by atoms with Crippen LogP contribution in [0, 0.1) is 0 Å². The SMILES string of the molecule is O=C(NCCNC(=O)c1ccccc1)NCCC(=O)N1CCc2sccc2C1. The second-order valence-electron chi connectivity index (χ2n) is 6.49. The van der Waals surface area contributed by atoms with Crippen LogP contribution in [0.1, 0.15) is 27.2 Å². The maximum Gasteiger partial charge on any atom is 0.314 e. The number of rotatable bonds is 7. The fraction of sp³-hybridized carbons (Fsp3) is 0.350. The summed E-state index contributed by atoms with van der Waals surface area (Å²) in [5.41, 5.74) is 1.81. The number of nitrogens with one attached hydrogen (secondary N) is 3. The van der Waals surface area contributed by atoms with Crippen molar-refractivity contribution >= 4 is 29.2 Å². The molecule has 1 aliphatic heterocycles. The molecule has 0 saturated heterocycles. The summed E-state index contributed by atoms with van der Waals surface area (Å²) in [6.45, 7) is 2.32. The van der Waals surface area contributed by atoms with Crippen LogP contribution in [0.2, 0.25) is 0 Å². The summed E-state index contributed by atoms with van der Waals surface area (Å²) in [4.78, 5) is 39.1. The number of nitrogens with zero attached hydrogens (tertiary/aromatic N) is 1. The normalized spacial score (nSPS) is 12.8. The molecule has 1 aliphatic rings. The van der Waals surface area contributed by atoms with E-state index in [0.29, 0.717) is 25.2 Å². The first-order valence-corrected chi connectivity index (χ1v) is 10.2. The predicted molar refractivity (Wildman–Crippen MR) is 108 cm³/mol. The summed E-state index contributed by atoms with van der Waals surface area (Å²) in [6, 6.07) is 10.6. The van der Waals surface area contributed by atoms with Gasteiger partial charge in [-0.25, -0.2) is 4.79 Å². The van der Waals surface area contributed by atoms with Crippen LogP contribution < -0.4 is 16.0 Å². The van der Waals surface area contributed by atoms with E-state index >= 15 is 0 Å². The Hall–Kier alpha value is -2.87. The van der Waals surface area contributed by atoms with E-state index in [2.05, 4.69) is 27.4 Å². The van der Waals surface area contributed by atoms with Crippen molar-refractivity contribution in [2.24, 2.45) is 0 Å². The smallest absolute Gasteiger partial charge is 0.314 e. The summed E-state index contributed by atoms with van der Waals surface area (Å²) in [5, 5.41) is 10.1. The molecule has 0 bridgehead atoms. The van der Waals surface area contributed by atoms with Crippen LogP contribution in [0.25, 0.3) is 0 Å². The molecule has 0 fully saturated rings. The maximum absolute atomic E-state index is 12.3. The largest absolute Gasteiger partial charge is 0.350 e. The lowest BCUT2D eigenvalue weighted by atomic mass is 10.1. The maximum atomic E-state index is 12.3. The minimum atomic E-state index is -0.347. The number of urea groups is 1. The van der Waals surface area contributed by atoms with Gasteiger partial charge in [-0.15, -0.1) is 11.3 Å². The second kappa shape index (κ2) is 9.89. The lowest BCUT2D eigenvalue weighted by molar-refractivity contribution is -0.131. The highest BCUT2D eigenvalue weighted by Gasteiger charge is 2.21. The summed E-state index contributed by atoms with van der Waals surface area (Å²) in [5.74, 6) is -0.129. The third-order valence-corrected chi connectivity index (χ3v) is 5.54. The van der Waals surface area contributed by atoms with Gasteiger partial charge in [0.05, 0.1) is 0 Å². The van der Waals surface area contributed by atoms with Gasteiger partial charge in [0.2, 0.25) is 5.91 Å². The molecule has 8 heteroatoms. The monoisotopic (exact) mass is 400 g/mol. The van der Waals surface area contributed by atoms with Crippen LogP contribution in [0.5, 0.6) is 0 Å². The van der Waals surface area contributed by atoms with E-state index in [4.69, 9.17) is 0 Å². The van der Waals surface area contributed by atoms with Crippen molar-refractivity contribution < 1.29 is 14.4 Å². The minimum absolute atomic E-state index is 0.0484. The van der Waals surface area contributed by atoms with Crippen molar-refractivity contribution in [3.63, 3.8) is 0 Å². The van der Waals surface area contributed by atoms with E-state index in [0.717, 1.165) is 13.0 Å². The molecule has 2 aromatic rings. The van der Waals surface area contributed by atoms with Gasteiger partial charge in [-0.1, -0.05) is 18.2 Å². The Morgan fingerprint density at radius 3 is 2.54 bits per heavy atom. The van der Waals surface area contributed by atoms with E-state index < -0.39 is 0 Å². The lowest BCUT2D eigenvalue weighted by Crippen LogP contribution is -2.42. The Balaban J connectivity index is 1.27. The van der Waals surface area contributed by atoms with E-state index in [1.807, 2.05) is 11.0 Å². The Morgan fingerprint density at radius 2 is 1.71 bits per heavy atom. The van der Waals surface area contributed by atoms with Crippen LogP contribution in [0.15, 0.2) is 41.8 Å². The number of amides is 4. The molecule has 2 heterocycles. The summed E-state index contributed by atoms with van der Waals surface area (Å²) >= 11 is 1.74. The highest BCUT2D eigenvalue weighted by Crippen LogP contribution is 2.24. The third-order valence-electron chi connectivity index (χ3n) is 4.52. The molecule has 1 aromatic heterocycles. The molecule has 3 rings (SSSR count). The van der Waals surface area contributed by atoms with Crippen LogP contribution in [-0.4, -0.2) is 48.9 Å². The number of hydrogen-bond donors (Lipinski definition) is 3. The molecule has 1 aromatic carbocycles. The Labute approximate surface area is 168 Å². The molecule has 28 heavy (non-hydrogen) atoms. The first-order chi connectivity index (χ1) is 13.6. The first kappa shape index (κ1) is 19.9. The number of carbonyl (C=O) groups excluding carboxylic acids is 3. The molecule has 4 amide bonds. The van der Waals surface area contributed by atoms with Gasteiger partial charge < -0.3 is 20.9 Å². The van der Waals surface area contributed by atoms with Crippen molar-refractivity contribution in [3.8, 4) is 0 Å². The van der Waals surface area contributed by atoms with Gasteiger partial charge in [-0.05, 0) is 35.6 Å². The van der Waals surface area contributed by atoms with Crippen molar-refractivity contribution in [1.82, 2.24) is 20.9 Å². The summed E-state index contributed by atoms with van der Waals surface area (Å²) < 4.78 is 0. The van der Waals surface area contributed by atoms with Gasteiger partial charge in [-0.3, -0.25) is 9.59 Å². The highest BCUT2D eigenvalue weighted by molar-refractivity contribution is 7.10. The molecular formula is C20H24N4O3S. The average molecular weight is 401 g/mol. The quantitative estimate of drug-likeness (QED) is 0.619. The van der Waals surface area contributed by atoms with Crippen LogP contribution in [0.3, 0.4) is 0 Å². The number of carbonyl (C=O) groups is 3. The molecular weight excluding hydrogens is 376 g/mol. The lowest BCUT2D eigenvalue weighted by Gasteiger charge is -2.27. The van der Waals surface area contributed by atoms with Crippen LogP contribution in [-0.2, 0) is 17.8 Å². The van der Waals surface area contributed by atoms with Gasteiger partial charge in [0.25, 0.3) is 5.91 Å². The number of thiophene rings is 1. The number of benzene rings is 1. The molecule has 0 aliphatic carbocycles. The Kier molecular flexibility index (Phi) is 7.02. The standard InChI is InChI=1S/C20H24N4O3S/c25-18(24-12-7-17-16(14-24)8-13-28-17)6-9-22-20(27)23-11-10-21-19(26)15-4-2-1-3-5-15/h1-5,8,13H,6-7,9-12,14H2,(H,21,26)(H2,22,23,27). The summed E-state index contributed by atoms with van der Waals surface area (Å²) in [6.07, 6.45) is 1.18. The molecule has 0 atom stereocenters. The zero-order valence-corrected chi connectivity index (χ0v) is 16.4. The van der Waals surface area contributed by atoms with Crippen molar-refractivity contribution in [3.05, 3.63) is 57.8 Å². The predicted octanol–water partition coefficient (Wildman–Crippen LogP) is 1.75. The fourth-order valence-corrected chi connectivity index (χ4v) is 3.90. The zero-order valence-electron chi connectivity index (χ0n) is 15.6. The molecule has 0 unspecified atom stereocenters. The third kappa shape index (κ3) is 5.56.